The first-order valence-corrected chi connectivity index (χ1v) is 9.23. The maximum atomic E-state index is 3.75. The molecule has 0 spiro atoms. The predicted molar refractivity (Wildman–Crippen MR) is 115 cm³/mol. The molecule has 0 atom stereocenters. The van der Waals surface area contributed by atoms with Crippen LogP contribution in [-0.2, 0) is 0 Å². The summed E-state index contributed by atoms with van der Waals surface area (Å²) in [6.07, 6.45) is 0. The Balaban J connectivity index is 1.75. The third-order valence-corrected chi connectivity index (χ3v) is 5.89. The third kappa shape index (κ3) is 1.57. The number of hydrogen-bond donors (Lipinski definition) is 3. The Labute approximate surface area is 153 Å². The topological polar surface area (TPSA) is 47.4 Å². The lowest BCUT2D eigenvalue weighted by atomic mass is 10.1. The van der Waals surface area contributed by atoms with Crippen LogP contribution in [0, 0.1) is 0 Å². The zero-order valence-corrected chi connectivity index (χ0v) is 14.4. The number of aromatic amines is 3. The molecule has 0 bridgehead atoms. The fraction of sp³-hybridized carbons (Fsp3) is 0. The van der Waals surface area contributed by atoms with Gasteiger partial charge in [0, 0.05) is 48.9 Å². The van der Waals surface area contributed by atoms with E-state index in [0.717, 1.165) is 0 Å². The second-order valence-corrected chi connectivity index (χ2v) is 7.29. The molecule has 3 N–H and O–H groups in total. The Bertz CT molecular complexity index is 1670. The van der Waals surface area contributed by atoms with Crippen LogP contribution in [0.4, 0.5) is 0 Å². The van der Waals surface area contributed by atoms with Gasteiger partial charge < -0.3 is 15.0 Å². The second-order valence-electron chi connectivity index (χ2n) is 7.29. The molecule has 27 heavy (non-hydrogen) atoms. The lowest BCUT2D eigenvalue weighted by Crippen LogP contribution is -1.72. The van der Waals surface area contributed by atoms with E-state index in [1.54, 1.807) is 0 Å². The Morgan fingerprint density at radius 1 is 0.370 bits per heavy atom. The maximum Gasteiger partial charge on any atom is 0.0710 e. The van der Waals surface area contributed by atoms with E-state index in [1.807, 2.05) is 0 Å². The van der Waals surface area contributed by atoms with Gasteiger partial charge in [0.1, 0.15) is 0 Å². The number of benzene rings is 4. The molecule has 0 aliphatic rings. The summed E-state index contributed by atoms with van der Waals surface area (Å²) < 4.78 is 0. The van der Waals surface area contributed by atoms with E-state index >= 15 is 0 Å². The van der Waals surface area contributed by atoms with Gasteiger partial charge in [-0.2, -0.15) is 0 Å². The third-order valence-electron chi connectivity index (χ3n) is 5.89. The Kier molecular flexibility index (Phi) is 2.25. The monoisotopic (exact) mass is 345 g/mol. The summed E-state index contributed by atoms with van der Waals surface area (Å²) in [5.74, 6) is 0. The van der Waals surface area contributed by atoms with Crippen LogP contribution in [0.3, 0.4) is 0 Å². The van der Waals surface area contributed by atoms with Crippen molar-refractivity contribution in [2.45, 2.75) is 0 Å². The van der Waals surface area contributed by atoms with Crippen LogP contribution >= 0.6 is 0 Å². The highest BCUT2D eigenvalue weighted by Gasteiger charge is 2.15. The predicted octanol–water partition coefficient (Wildman–Crippen LogP) is 6.59. The van der Waals surface area contributed by atoms with Crippen LogP contribution in [0.25, 0.3) is 65.4 Å². The van der Waals surface area contributed by atoms with E-state index in [-0.39, 0.29) is 0 Å². The minimum Gasteiger partial charge on any atom is -0.354 e. The van der Waals surface area contributed by atoms with Gasteiger partial charge in [0.15, 0.2) is 0 Å². The van der Waals surface area contributed by atoms with E-state index < -0.39 is 0 Å². The Morgan fingerprint density at radius 2 is 0.963 bits per heavy atom. The van der Waals surface area contributed by atoms with Gasteiger partial charge in [0.2, 0.25) is 0 Å². The van der Waals surface area contributed by atoms with Gasteiger partial charge in [-0.25, -0.2) is 0 Å². The summed E-state index contributed by atoms with van der Waals surface area (Å²) in [7, 11) is 0. The van der Waals surface area contributed by atoms with E-state index in [1.165, 1.54) is 65.4 Å². The summed E-state index contributed by atoms with van der Waals surface area (Å²) in [5, 5.41) is 7.59. The maximum absolute atomic E-state index is 3.75. The molecule has 3 aromatic heterocycles. The summed E-state index contributed by atoms with van der Waals surface area (Å²) in [4.78, 5) is 10.9. The molecule has 3 nitrogen and oxygen atoms in total. The van der Waals surface area contributed by atoms with Crippen molar-refractivity contribution in [3.05, 3.63) is 72.8 Å². The fourth-order valence-corrected chi connectivity index (χ4v) is 4.69. The molecule has 0 saturated heterocycles. The fourth-order valence-electron chi connectivity index (χ4n) is 4.69. The molecule has 7 rings (SSSR count). The first-order valence-electron chi connectivity index (χ1n) is 9.23. The zero-order valence-electron chi connectivity index (χ0n) is 14.4. The summed E-state index contributed by atoms with van der Waals surface area (Å²) >= 11 is 0. The summed E-state index contributed by atoms with van der Waals surface area (Å²) in [5.41, 5.74) is 7.08. The van der Waals surface area contributed by atoms with Gasteiger partial charge in [0.05, 0.1) is 16.6 Å². The highest BCUT2D eigenvalue weighted by molar-refractivity contribution is 6.28. The summed E-state index contributed by atoms with van der Waals surface area (Å²) in [6.45, 7) is 0. The smallest absolute Gasteiger partial charge is 0.0710 e. The summed E-state index contributed by atoms with van der Waals surface area (Å²) in [6, 6.07) is 25.9. The largest absolute Gasteiger partial charge is 0.354 e. The van der Waals surface area contributed by atoms with Crippen molar-refractivity contribution in [1.29, 1.82) is 0 Å². The molecule has 0 radical (unpaired) electrons. The van der Waals surface area contributed by atoms with E-state index in [2.05, 4.69) is 87.7 Å². The average molecular weight is 345 g/mol. The molecule has 3 heterocycles. The van der Waals surface area contributed by atoms with Crippen molar-refractivity contribution in [2.24, 2.45) is 0 Å². The van der Waals surface area contributed by atoms with Crippen molar-refractivity contribution < 1.29 is 0 Å². The van der Waals surface area contributed by atoms with E-state index in [9.17, 15) is 0 Å². The Morgan fingerprint density at radius 3 is 1.81 bits per heavy atom. The number of fused-ring (bicyclic) bond motifs is 11. The van der Waals surface area contributed by atoms with Crippen LogP contribution < -0.4 is 0 Å². The van der Waals surface area contributed by atoms with Crippen molar-refractivity contribution in [3.8, 4) is 0 Å². The van der Waals surface area contributed by atoms with Gasteiger partial charge >= 0.3 is 0 Å². The zero-order chi connectivity index (χ0) is 17.5. The molecule has 0 aliphatic heterocycles. The molecular formula is C24H15N3. The van der Waals surface area contributed by atoms with Gasteiger partial charge in [-0.05, 0) is 18.2 Å². The molecule has 0 fully saturated rings. The van der Waals surface area contributed by atoms with Crippen LogP contribution in [0.1, 0.15) is 0 Å². The molecule has 0 aliphatic carbocycles. The number of para-hydroxylation sites is 2. The second kappa shape index (κ2) is 4.51. The van der Waals surface area contributed by atoms with Crippen molar-refractivity contribution >= 4 is 65.4 Å². The standard InChI is InChI=1S/C24H15N3/c1-3-7-18-13(5-1)14-9-10-16-15-11-12-20-21(17-6-2-4-8-19(17)25-20)22(15)27-24(16)23(14)26-18/h1-12,25-27H. The number of H-pyrrole nitrogens is 3. The SMILES string of the molecule is c1ccc2c(c1)[nH]c1c2ccc2c3ccc4[nH]c5ccccc5c4c3[nH]c21. The van der Waals surface area contributed by atoms with Gasteiger partial charge in [-0.15, -0.1) is 0 Å². The van der Waals surface area contributed by atoms with E-state index in [4.69, 9.17) is 0 Å². The number of aromatic nitrogens is 3. The molecular weight excluding hydrogens is 330 g/mol. The van der Waals surface area contributed by atoms with Gasteiger partial charge in [0.25, 0.3) is 0 Å². The molecule has 0 amide bonds. The van der Waals surface area contributed by atoms with E-state index in [0.29, 0.717) is 0 Å². The van der Waals surface area contributed by atoms with Crippen LogP contribution in [-0.4, -0.2) is 15.0 Å². The molecule has 126 valence electrons. The van der Waals surface area contributed by atoms with Crippen molar-refractivity contribution in [3.63, 3.8) is 0 Å². The lowest BCUT2D eigenvalue weighted by molar-refractivity contribution is 1.52. The quantitative estimate of drug-likeness (QED) is 0.278. The highest BCUT2D eigenvalue weighted by Crippen LogP contribution is 2.38. The Hall–Kier alpha value is -3.72. The van der Waals surface area contributed by atoms with Gasteiger partial charge in [-0.1, -0.05) is 54.6 Å². The molecule has 4 aromatic carbocycles. The molecule has 0 saturated carbocycles. The number of hydrogen-bond acceptors (Lipinski definition) is 0. The van der Waals surface area contributed by atoms with Crippen LogP contribution in [0.2, 0.25) is 0 Å². The lowest BCUT2D eigenvalue weighted by Gasteiger charge is -1.95. The number of rotatable bonds is 0. The molecule has 0 unspecified atom stereocenters. The molecule has 3 heteroatoms. The van der Waals surface area contributed by atoms with Gasteiger partial charge in [-0.3, -0.25) is 0 Å². The highest BCUT2D eigenvalue weighted by atomic mass is 14.8. The minimum atomic E-state index is 1.17. The average Bonchev–Trinajstić information content (AvgIpc) is 3.37. The first-order chi connectivity index (χ1) is 13.4. The number of nitrogens with one attached hydrogen (secondary N) is 3. The van der Waals surface area contributed by atoms with Crippen LogP contribution in [0.15, 0.2) is 72.8 Å². The first kappa shape index (κ1) is 13.5. The molecule has 7 aromatic rings. The minimum absolute atomic E-state index is 1.17. The van der Waals surface area contributed by atoms with Crippen molar-refractivity contribution in [2.75, 3.05) is 0 Å². The normalized spacial score (nSPS) is 12.4. The van der Waals surface area contributed by atoms with Crippen molar-refractivity contribution in [1.82, 2.24) is 15.0 Å². The van der Waals surface area contributed by atoms with Crippen LogP contribution in [0.5, 0.6) is 0 Å².